The summed E-state index contributed by atoms with van der Waals surface area (Å²) < 4.78 is 11.0. The van der Waals surface area contributed by atoms with E-state index in [1.54, 1.807) is 0 Å². The van der Waals surface area contributed by atoms with Crippen LogP contribution < -0.4 is 5.30 Å². The predicted molar refractivity (Wildman–Crippen MR) is 75.2 cm³/mol. The summed E-state index contributed by atoms with van der Waals surface area (Å²) in [5.41, 5.74) is 1.16. The highest BCUT2D eigenvalue weighted by atomic mass is 31.2. The van der Waals surface area contributed by atoms with E-state index in [2.05, 4.69) is 6.92 Å². The molecule has 0 aliphatic carbocycles. The summed E-state index contributed by atoms with van der Waals surface area (Å²) in [5, 5.41) is 0.106. The van der Waals surface area contributed by atoms with Gasteiger partial charge in [-0.25, -0.2) is 0 Å². The minimum Gasteiger partial charge on any atom is -0.321 e. The van der Waals surface area contributed by atoms with Crippen LogP contribution in [0.2, 0.25) is 0 Å². The van der Waals surface area contributed by atoms with Gasteiger partial charge in [0.25, 0.3) is 0 Å². The van der Waals surface area contributed by atoms with Gasteiger partial charge in [0.1, 0.15) is 0 Å². The van der Waals surface area contributed by atoms with Gasteiger partial charge in [0, 0.05) is 0 Å². The summed E-state index contributed by atoms with van der Waals surface area (Å²) in [6, 6.07) is 6.71. The Morgan fingerprint density at radius 1 is 0.944 bits per heavy atom. The molecule has 0 amide bonds. The SMILES string of the molecule is CCCCCCCCc1ccc(P(=O)(O)O)cc1. The average molecular weight is 270 g/mol. The molecule has 2 N–H and O–H groups in total. The molecule has 18 heavy (non-hydrogen) atoms. The quantitative estimate of drug-likeness (QED) is 0.562. The standard InChI is InChI=1S/C14H23O3P/c1-2-3-4-5-6-7-8-13-9-11-14(12-10-13)18(15,16)17/h9-12H,2-8H2,1H3,(H2,15,16,17). The van der Waals surface area contributed by atoms with E-state index in [0.717, 1.165) is 18.4 Å². The van der Waals surface area contributed by atoms with Crippen LogP contribution >= 0.6 is 7.60 Å². The van der Waals surface area contributed by atoms with Gasteiger partial charge in [0.15, 0.2) is 0 Å². The van der Waals surface area contributed by atoms with E-state index in [9.17, 15) is 4.57 Å². The fourth-order valence-electron chi connectivity index (χ4n) is 1.97. The molecule has 1 rings (SSSR count). The summed E-state index contributed by atoms with van der Waals surface area (Å²) in [7, 11) is -4.08. The van der Waals surface area contributed by atoms with Crippen LogP contribution in [0.25, 0.3) is 0 Å². The molecule has 0 aliphatic rings. The Labute approximate surface area is 109 Å². The van der Waals surface area contributed by atoms with Crippen LogP contribution in [0.15, 0.2) is 24.3 Å². The first-order valence-corrected chi connectivity index (χ1v) is 8.30. The van der Waals surface area contributed by atoms with E-state index >= 15 is 0 Å². The molecule has 0 saturated heterocycles. The van der Waals surface area contributed by atoms with Gasteiger partial charge in [-0.3, -0.25) is 4.57 Å². The van der Waals surface area contributed by atoms with Gasteiger partial charge in [0.05, 0.1) is 5.30 Å². The van der Waals surface area contributed by atoms with E-state index in [1.807, 2.05) is 12.1 Å². The van der Waals surface area contributed by atoms with E-state index < -0.39 is 7.60 Å². The lowest BCUT2D eigenvalue weighted by Gasteiger charge is -2.05. The van der Waals surface area contributed by atoms with Crippen LogP contribution in [0, 0.1) is 0 Å². The first-order chi connectivity index (χ1) is 8.54. The van der Waals surface area contributed by atoms with Gasteiger partial charge in [-0.1, -0.05) is 51.2 Å². The fraction of sp³-hybridized carbons (Fsp3) is 0.571. The summed E-state index contributed by atoms with van der Waals surface area (Å²) >= 11 is 0. The number of aryl methyl sites for hydroxylation is 1. The molecule has 0 heterocycles. The summed E-state index contributed by atoms with van der Waals surface area (Å²) in [4.78, 5) is 18.0. The Kier molecular flexibility index (Phi) is 6.62. The Bertz CT molecular complexity index is 381. The van der Waals surface area contributed by atoms with Crippen molar-refractivity contribution in [2.45, 2.75) is 51.9 Å². The molecular formula is C14H23O3P. The molecule has 0 radical (unpaired) electrons. The molecule has 1 aromatic carbocycles. The number of unbranched alkanes of at least 4 members (excludes halogenated alkanes) is 5. The lowest BCUT2D eigenvalue weighted by Crippen LogP contribution is -2.03. The molecule has 0 aromatic heterocycles. The van der Waals surface area contributed by atoms with Crippen molar-refractivity contribution in [2.24, 2.45) is 0 Å². The molecule has 0 spiro atoms. The zero-order chi connectivity index (χ0) is 13.4. The van der Waals surface area contributed by atoms with Crippen molar-refractivity contribution in [2.75, 3.05) is 0 Å². The predicted octanol–water partition coefficient (Wildman–Crippen LogP) is 3.39. The van der Waals surface area contributed by atoms with Crippen molar-refractivity contribution in [3.8, 4) is 0 Å². The van der Waals surface area contributed by atoms with Crippen LogP contribution in [0.1, 0.15) is 51.0 Å². The van der Waals surface area contributed by atoms with Gasteiger partial charge in [-0.15, -0.1) is 0 Å². The Morgan fingerprint density at radius 3 is 2.06 bits per heavy atom. The highest BCUT2D eigenvalue weighted by Crippen LogP contribution is 2.32. The maximum atomic E-state index is 11.0. The van der Waals surface area contributed by atoms with E-state index in [-0.39, 0.29) is 5.30 Å². The van der Waals surface area contributed by atoms with Crippen LogP contribution in [-0.2, 0) is 11.0 Å². The molecule has 1 aromatic rings. The minimum absolute atomic E-state index is 0.106. The molecule has 0 atom stereocenters. The maximum Gasteiger partial charge on any atom is 0.356 e. The van der Waals surface area contributed by atoms with Crippen molar-refractivity contribution in [3.63, 3.8) is 0 Å². The topological polar surface area (TPSA) is 57.5 Å². The zero-order valence-electron chi connectivity index (χ0n) is 11.0. The number of hydrogen-bond acceptors (Lipinski definition) is 1. The highest BCUT2D eigenvalue weighted by Gasteiger charge is 2.15. The molecule has 0 saturated carbocycles. The molecule has 0 fully saturated rings. The smallest absolute Gasteiger partial charge is 0.321 e. The van der Waals surface area contributed by atoms with Gasteiger partial charge in [-0.2, -0.15) is 0 Å². The number of hydrogen-bond donors (Lipinski definition) is 2. The fourth-order valence-corrected chi connectivity index (χ4v) is 2.50. The molecule has 0 unspecified atom stereocenters. The first kappa shape index (κ1) is 15.4. The van der Waals surface area contributed by atoms with E-state index in [4.69, 9.17) is 9.79 Å². The van der Waals surface area contributed by atoms with Gasteiger partial charge in [-0.05, 0) is 30.5 Å². The normalized spacial score (nSPS) is 11.7. The van der Waals surface area contributed by atoms with Crippen molar-refractivity contribution < 1.29 is 14.4 Å². The van der Waals surface area contributed by atoms with E-state index in [1.165, 1.54) is 44.2 Å². The summed E-state index contributed by atoms with van der Waals surface area (Å²) in [6.45, 7) is 2.21. The van der Waals surface area contributed by atoms with Crippen LogP contribution in [-0.4, -0.2) is 9.79 Å². The lowest BCUT2D eigenvalue weighted by molar-refractivity contribution is 0.387. The van der Waals surface area contributed by atoms with Crippen molar-refractivity contribution in [3.05, 3.63) is 29.8 Å². The summed E-state index contributed by atoms with van der Waals surface area (Å²) in [6.07, 6.45) is 8.57. The van der Waals surface area contributed by atoms with Crippen molar-refractivity contribution >= 4 is 12.9 Å². The molecule has 0 bridgehead atoms. The maximum absolute atomic E-state index is 11.0. The third kappa shape index (κ3) is 5.81. The second-order valence-electron chi connectivity index (χ2n) is 4.73. The Morgan fingerprint density at radius 2 is 1.50 bits per heavy atom. The van der Waals surface area contributed by atoms with Crippen molar-refractivity contribution in [1.29, 1.82) is 0 Å². The molecule has 102 valence electrons. The summed E-state index contributed by atoms with van der Waals surface area (Å²) in [5.74, 6) is 0. The molecular weight excluding hydrogens is 247 g/mol. The van der Waals surface area contributed by atoms with Crippen molar-refractivity contribution in [1.82, 2.24) is 0 Å². The number of rotatable bonds is 8. The molecule has 3 nitrogen and oxygen atoms in total. The average Bonchev–Trinajstić information content (AvgIpc) is 2.33. The molecule has 0 aliphatic heterocycles. The van der Waals surface area contributed by atoms with Crippen LogP contribution in [0.5, 0.6) is 0 Å². The first-order valence-electron chi connectivity index (χ1n) is 6.69. The second-order valence-corrected chi connectivity index (χ2v) is 6.33. The third-order valence-electron chi connectivity index (χ3n) is 3.09. The minimum atomic E-state index is -4.08. The zero-order valence-corrected chi connectivity index (χ0v) is 11.9. The Balaban J connectivity index is 2.29. The van der Waals surface area contributed by atoms with Crippen LogP contribution in [0.4, 0.5) is 0 Å². The van der Waals surface area contributed by atoms with E-state index in [0.29, 0.717) is 0 Å². The Hall–Kier alpha value is -0.630. The largest absolute Gasteiger partial charge is 0.356 e. The highest BCUT2D eigenvalue weighted by molar-refractivity contribution is 7.60. The number of benzene rings is 1. The second kappa shape index (κ2) is 7.73. The van der Waals surface area contributed by atoms with Crippen LogP contribution in [0.3, 0.4) is 0 Å². The van der Waals surface area contributed by atoms with Gasteiger partial charge >= 0.3 is 7.60 Å². The monoisotopic (exact) mass is 270 g/mol. The van der Waals surface area contributed by atoms with Gasteiger partial charge in [0.2, 0.25) is 0 Å². The van der Waals surface area contributed by atoms with Gasteiger partial charge < -0.3 is 9.79 Å². The lowest BCUT2D eigenvalue weighted by atomic mass is 10.1. The molecule has 4 heteroatoms. The third-order valence-corrected chi connectivity index (χ3v) is 4.06.